The van der Waals surface area contributed by atoms with Gasteiger partial charge in [0, 0.05) is 30.8 Å². The van der Waals surface area contributed by atoms with Gasteiger partial charge in [-0.25, -0.2) is 8.42 Å². The van der Waals surface area contributed by atoms with Crippen LogP contribution >= 0.6 is 0 Å². The van der Waals surface area contributed by atoms with Crippen LogP contribution in [-0.2, 0) is 26.2 Å². The van der Waals surface area contributed by atoms with E-state index in [1.165, 1.54) is 62.4 Å². The number of anilines is 1. The van der Waals surface area contributed by atoms with Gasteiger partial charge in [0.2, 0.25) is 15.9 Å². The van der Waals surface area contributed by atoms with Gasteiger partial charge in [-0.15, -0.1) is 0 Å². The number of hydrogen-bond acceptors (Lipinski definition) is 6. The van der Waals surface area contributed by atoms with Gasteiger partial charge >= 0.3 is 5.97 Å². The van der Waals surface area contributed by atoms with E-state index in [9.17, 15) is 33.2 Å². The predicted octanol–water partition coefficient (Wildman–Crippen LogP) is 2.22. The van der Waals surface area contributed by atoms with Gasteiger partial charge in [-0.2, -0.15) is 4.31 Å². The van der Waals surface area contributed by atoms with Crippen molar-refractivity contribution in [3.05, 3.63) is 64.2 Å². The van der Waals surface area contributed by atoms with Crippen molar-refractivity contribution in [2.45, 2.75) is 31.3 Å². The molecule has 0 aliphatic heterocycles. The van der Waals surface area contributed by atoms with Crippen molar-refractivity contribution < 1.29 is 28.0 Å². The number of rotatable bonds is 8. The Kier molecular flexibility index (Phi) is 6.67. The number of carbonyl (C=O) groups is 2. The molecule has 10 nitrogen and oxygen atoms in total. The molecule has 0 saturated carbocycles. The number of carboxylic acid groups (broad SMARTS) is 1. The van der Waals surface area contributed by atoms with Crippen molar-refractivity contribution >= 4 is 33.3 Å². The van der Waals surface area contributed by atoms with Crippen LogP contribution in [0.4, 0.5) is 11.4 Å². The zero-order valence-corrected chi connectivity index (χ0v) is 16.4. The van der Waals surface area contributed by atoms with Crippen molar-refractivity contribution in [1.29, 1.82) is 0 Å². The molecule has 29 heavy (non-hydrogen) atoms. The molecule has 1 atom stereocenters. The molecular formula is C18H19N3O7S. The average Bonchev–Trinajstić information content (AvgIpc) is 2.65. The Hall–Kier alpha value is -3.31. The number of nitrogens with one attached hydrogen (secondary N) is 1. The summed E-state index contributed by atoms with van der Waals surface area (Å²) >= 11 is 0. The molecule has 2 aromatic carbocycles. The SMILES string of the molecule is CC(=O)Nc1ccc(S(=O)(=O)N(Cc2ccccc2[N+](=O)[O-])[C@@H](C)C(=O)O)cc1. The first-order valence-electron chi connectivity index (χ1n) is 8.38. The van der Waals surface area contributed by atoms with E-state index >= 15 is 0 Å². The zero-order chi connectivity index (χ0) is 21.8. The summed E-state index contributed by atoms with van der Waals surface area (Å²) in [6, 6.07) is 9.22. The quantitative estimate of drug-likeness (QED) is 0.490. The van der Waals surface area contributed by atoms with Crippen LogP contribution < -0.4 is 5.32 Å². The Balaban J connectivity index is 2.48. The highest BCUT2D eigenvalue weighted by Crippen LogP contribution is 2.26. The van der Waals surface area contributed by atoms with E-state index in [1.807, 2.05) is 0 Å². The third-order valence-electron chi connectivity index (χ3n) is 4.09. The summed E-state index contributed by atoms with van der Waals surface area (Å²) in [6.45, 7) is 1.98. The average molecular weight is 421 g/mol. The van der Waals surface area contributed by atoms with Crippen molar-refractivity contribution in [2.75, 3.05) is 5.32 Å². The number of carbonyl (C=O) groups excluding carboxylic acids is 1. The summed E-state index contributed by atoms with van der Waals surface area (Å²) in [5, 5.41) is 23.1. The van der Waals surface area contributed by atoms with Crippen molar-refractivity contribution in [3.63, 3.8) is 0 Å². The predicted molar refractivity (Wildman–Crippen MR) is 104 cm³/mol. The smallest absolute Gasteiger partial charge is 0.321 e. The lowest BCUT2D eigenvalue weighted by Gasteiger charge is -2.26. The maximum Gasteiger partial charge on any atom is 0.321 e. The van der Waals surface area contributed by atoms with E-state index in [4.69, 9.17) is 0 Å². The molecule has 0 bridgehead atoms. The molecule has 2 rings (SSSR count). The molecular weight excluding hydrogens is 402 g/mol. The number of nitrogens with zero attached hydrogens (tertiary/aromatic N) is 2. The number of carboxylic acids is 1. The monoisotopic (exact) mass is 421 g/mol. The molecule has 0 spiro atoms. The van der Waals surface area contributed by atoms with Gasteiger partial charge in [0.15, 0.2) is 0 Å². The Bertz CT molecular complexity index is 1040. The Morgan fingerprint density at radius 2 is 1.76 bits per heavy atom. The van der Waals surface area contributed by atoms with Gasteiger partial charge in [0.1, 0.15) is 6.04 Å². The van der Waals surface area contributed by atoms with E-state index in [1.54, 1.807) is 0 Å². The number of hydrogen-bond donors (Lipinski definition) is 2. The van der Waals surface area contributed by atoms with E-state index in [2.05, 4.69) is 5.32 Å². The summed E-state index contributed by atoms with van der Waals surface area (Å²) in [5.74, 6) is -1.74. The number of aliphatic carboxylic acids is 1. The first-order valence-corrected chi connectivity index (χ1v) is 9.82. The molecule has 0 radical (unpaired) electrons. The molecule has 2 aromatic rings. The maximum atomic E-state index is 13.1. The van der Waals surface area contributed by atoms with Gasteiger partial charge in [0.25, 0.3) is 5.69 Å². The maximum absolute atomic E-state index is 13.1. The largest absolute Gasteiger partial charge is 0.480 e. The second-order valence-electron chi connectivity index (χ2n) is 6.16. The third kappa shape index (κ3) is 5.15. The fraction of sp³-hybridized carbons (Fsp3) is 0.222. The molecule has 1 amide bonds. The lowest BCUT2D eigenvalue weighted by molar-refractivity contribution is -0.385. The van der Waals surface area contributed by atoms with Gasteiger partial charge in [-0.1, -0.05) is 18.2 Å². The summed E-state index contributed by atoms with van der Waals surface area (Å²) < 4.78 is 26.9. The minimum atomic E-state index is -4.31. The molecule has 0 aliphatic rings. The van der Waals surface area contributed by atoms with E-state index in [0.717, 1.165) is 0 Å². The standard InChI is InChI=1S/C18H19N3O7S/c1-12(18(23)24)20(11-14-5-3-4-6-17(14)21(25)26)29(27,28)16-9-7-15(8-10-16)19-13(2)22/h3-10,12H,11H2,1-2H3,(H,19,22)(H,23,24)/t12-/m0/s1. The summed E-state index contributed by atoms with van der Waals surface area (Å²) in [4.78, 5) is 33.0. The molecule has 0 unspecified atom stereocenters. The second-order valence-corrected chi connectivity index (χ2v) is 8.05. The van der Waals surface area contributed by atoms with Gasteiger partial charge in [-0.3, -0.25) is 19.7 Å². The number of sulfonamides is 1. The van der Waals surface area contributed by atoms with Crippen LogP contribution in [0.25, 0.3) is 0 Å². The van der Waals surface area contributed by atoms with Crippen molar-refractivity contribution in [2.24, 2.45) is 0 Å². The van der Waals surface area contributed by atoms with Crippen LogP contribution in [0.2, 0.25) is 0 Å². The number of amides is 1. The molecule has 154 valence electrons. The Morgan fingerprint density at radius 1 is 1.17 bits per heavy atom. The molecule has 0 aromatic heterocycles. The van der Waals surface area contributed by atoms with Crippen LogP contribution in [-0.4, -0.2) is 40.7 Å². The minimum Gasteiger partial charge on any atom is -0.480 e. The Labute approximate surface area is 167 Å². The second kappa shape index (κ2) is 8.80. The summed E-state index contributed by atoms with van der Waals surface area (Å²) in [5.41, 5.74) is 0.114. The minimum absolute atomic E-state index is 0.0593. The molecule has 0 fully saturated rings. The number of para-hydroxylation sites is 1. The molecule has 0 saturated heterocycles. The first kappa shape index (κ1) is 22.0. The number of benzene rings is 2. The topological polar surface area (TPSA) is 147 Å². The van der Waals surface area contributed by atoms with Gasteiger partial charge in [-0.05, 0) is 31.2 Å². The van der Waals surface area contributed by atoms with E-state index in [-0.39, 0.29) is 22.1 Å². The highest BCUT2D eigenvalue weighted by atomic mass is 32.2. The Morgan fingerprint density at radius 3 is 2.28 bits per heavy atom. The van der Waals surface area contributed by atoms with Crippen LogP contribution in [0.3, 0.4) is 0 Å². The highest BCUT2D eigenvalue weighted by Gasteiger charge is 2.34. The van der Waals surface area contributed by atoms with Crippen molar-refractivity contribution in [3.8, 4) is 0 Å². The highest BCUT2D eigenvalue weighted by molar-refractivity contribution is 7.89. The molecule has 11 heteroatoms. The van der Waals surface area contributed by atoms with Crippen LogP contribution in [0.1, 0.15) is 19.4 Å². The fourth-order valence-corrected chi connectivity index (χ4v) is 4.16. The van der Waals surface area contributed by atoms with Gasteiger partial charge in [0.05, 0.1) is 9.82 Å². The van der Waals surface area contributed by atoms with E-state index in [0.29, 0.717) is 9.99 Å². The molecule has 0 heterocycles. The molecule has 2 N–H and O–H groups in total. The van der Waals surface area contributed by atoms with Crippen LogP contribution in [0, 0.1) is 10.1 Å². The lowest BCUT2D eigenvalue weighted by Crippen LogP contribution is -2.42. The number of nitro benzene ring substituents is 1. The zero-order valence-electron chi connectivity index (χ0n) is 15.6. The summed E-state index contributed by atoms with van der Waals surface area (Å²) in [6.07, 6.45) is 0. The first-order chi connectivity index (χ1) is 13.5. The molecule has 0 aliphatic carbocycles. The van der Waals surface area contributed by atoms with E-state index < -0.39 is 33.5 Å². The van der Waals surface area contributed by atoms with Gasteiger partial charge < -0.3 is 10.4 Å². The number of nitro groups is 1. The van der Waals surface area contributed by atoms with Crippen molar-refractivity contribution in [1.82, 2.24) is 4.31 Å². The van der Waals surface area contributed by atoms with Crippen LogP contribution in [0.15, 0.2) is 53.4 Å². The lowest BCUT2D eigenvalue weighted by atomic mass is 10.1. The van der Waals surface area contributed by atoms with Crippen LogP contribution in [0.5, 0.6) is 0 Å². The fourth-order valence-electron chi connectivity index (χ4n) is 2.59. The normalized spacial score (nSPS) is 12.4. The summed E-state index contributed by atoms with van der Waals surface area (Å²) in [7, 11) is -4.31. The third-order valence-corrected chi connectivity index (χ3v) is 6.02.